The van der Waals surface area contributed by atoms with Crippen LogP contribution < -0.4 is 10.6 Å². The average Bonchev–Trinajstić information content (AvgIpc) is 2.78. The topological polar surface area (TPSA) is 116 Å². The zero-order chi connectivity index (χ0) is 22.2. The molecule has 0 heterocycles. The van der Waals surface area contributed by atoms with Crippen molar-refractivity contribution in [2.45, 2.75) is 19.4 Å². The Kier molecular flexibility index (Phi) is 7.01. The van der Waals surface area contributed by atoms with Crippen LogP contribution in [0.15, 0.2) is 72.8 Å². The molecular formula is C24H22N2O5. The van der Waals surface area contributed by atoms with Crippen molar-refractivity contribution in [1.82, 2.24) is 5.32 Å². The molecule has 4 N–H and O–H groups in total. The molecule has 0 aliphatic rings. The summed E-state index contributed by atoms with van der Waals surface area (Å²) in [6.07, 6.45) is 1.07. The van der Waals surface area contributed by atoms with Crippen LogP contribution in [-0.4, -0.2) is 28.0 Å². The van der Waals surface area contributed by atoms with Gasteiger partial charge in [-0.05, 0) is 47.9 Å². The van der Waals surface area contributed by atoms with Crippen LogP contribution in [0.25, 0.3) is 0 Å². The van der Waals surface area contributed by atoms with Crippen LogP contribution in [-0.2, 0) is 17.8 Å². The molecule has 0 bridgehead atoms. The van der Waals surface area contributed by atoms with E-state index in [1.165, 1.54) is 18.2 Å². The molecule has 7 heteroatoms. The number of carboxylic acid groups (broad SMARTS) is 1. The second-order valence-electron chi connectivity index (χ2n) is 6.95. The third-order valence-corrected chi connectivity index (χ3v) is 4.67. The third-order valence-electron chi connectivity index (χ3n) is 4.67. The molecule has 0 saturated carbocycles. The number of nitrogens with one attached hydrogen (secondary N) is 2. The summed E-state index contributed by atoms with van der Waals surface area (Å²) in [5.74, 6) is -2.13. The molecule has 31 heavy (non-hydrogen) atoms. The number of amides is 2. The van der Waals surface area contributed by atoms with E-state index in [1.54, 1.807) is 24.3 Å². The number of carbonyl (C=O) groups excluding carboxylic acids is 2. The maximum Gasteiger partial charge on any atom is 0.339 e. The van der Waals surface area contributed by atoms with Crippen LogP contribution in [0.4, 0.5) is 5.69 Å². The second-order valence-corrected chi connectivity index (χ2v) is 6.95. The summed E-state index contributed by atoms with van der Waals surface area (Å²) in [5.41, 5.74) is 2.30. The summed E-state index contributed by atoms with van der Waals surface area (Å²) in [6, 6.07) is 20.3. The van der Waals surface area contributed by atoms with Crippen LogP contribution in [0.3, 0.4) is 0 Å². The first-order valence-corrected chi connectivity index (χ1v) is 9.69. The molecule has 0 atom stereocenters. The molecule has 0 unspecified atom stereocenters. The molecular weight excluding hydrogens is 396 g/mol. The number of carboxylic acids is 1. The van der Waals surface area contributed by atoms with Crippen molar-refractivity contribution in [3.05, 3.63) is 95.1 Å². The van der Waals surface area contributed by atoms with E-state index < -0.39 is 11.9 Å². The molecule has 0 fully saturated rings. The van der Waals surface area contributed by atoms with Gasteiger partial charge in [0.1, 0.15) is 11.3 Å². The summed E-state index contributed by atoms with van der Waals surface area (Å²) >= 11 is 0. The van der Waals surface area contributed by atoms with Gasteiger partial charge >= 0.3 is 5.97 Å². The normalized spacial score (nSPS) is 10.3. The highest BCUT2D eigenvalue weighted by atomic mass is 16.4. The van der Waals surface area contributed by atoms with Gasteiger partial charge < -0.3 is 20.8 Å². The zero-order valence-electron chi connectivity index (χ0n) is 16.7. The van der Waals surface area contributed by atoms with Gasteiger partial charge in [0.15, 0.2) is 0 Å². The van der Waals surface area contributed by atoms with Crippen LogP contribution in [0.1, 0.15) is 38.3 Å². The number of phenols is 1. The van der Waals surface area contributed by atoms with Crippen molar-refractivity contribution in [2.75, 3.05) is 5.32 Å². The van der Waals surface area contributed by atoms with Crippen LogP contribution >= 0.6 is 0 Å². The minimum atomic E-state index is -1.29. The van der Waals surface area contributed by atoms with Gasteiger partial charge in [0, 0.05) is 24.2 Å². The van der Waals surface area contributed by atoms with Crippen LogP contribution in [0.5, 0.6) is 5.75 Å². The Bertz CT molecular complexity index is 1080. The molecule has 0 aliphatic heterocycles. The number of carbonyl (C=O) groups is 3. The lowest BCUT2D eigenvalue weighted by atomic mass is 10.1. The molecule has 0 spiro atoms. The zero-order valence-corrected chi connectivity index (χ0v) is 16.7. The maximum absolute atomic E-state index is 12.4. The Morgan fingerprint density at radius 1 is 0.839 bits per heavy atom. The molecule has 0 saturated heterocycles. The van der Waals surface area contributed by atoms with E-state index in [0.717, 1.165) is 11.1 Å². The first-order chi connectivity index (χ1) is 14.9. The first kappa shape index (κ1) is 21.6. The average molecular weight is 418 g/mol. The van der Waals surface area contributed by atoms with E-state index in [4.69, 9.17) is 5.11 Å². The summed E-state index contributed by atoms with van der Waals surface area (Å²) in [5, 5.41) is 24.1. The molecule has 3 aromatic carbocycles. The van der Waals surface area contributed by atoms with E-state index in [9.17, 15) is 19.5 Å². The molecule has 0 aromatic heterocycles. The van der Waals surface area contributed by atoms with Crippen LogP contribution in [0, 0.1) is 0 Å². The summed E-state index contributed by atoms with van der Waals surface area (Å²) < 4.78 is 0. The van der Waals surface area contributed by atoms with Crippen molar-refractivity contribution in [3.63, 3.8) is 0 Å². The Balaban J connectivity index is 1.51. The lowest BCUT2D eigenvalue weighted by Crippen LogP contribution is -2.23. The number of hydrogen-bond donors (Lipinski definition) is 4. The van der Waals surface area contributed by atoms with E-state index in [0.29, 0.717) is 24.9 Å². The standard InChI is InChI=1S/C24H22N2O5/c27-21-12-11-19(14-20(21)24(30)31)26-23(29)18-9-6-17(7-10-18)15-25-22(28)13-8-16-4-2-1-3-5-16/h1-7,9-12,14,27H,8,13,15H2,(H,25,28)(H,26,29)(H,30,31). The molecule has 2 amide bonds. The smallest absolute Gasteiger partial charge is 0.339 e. The van der Waals surface area contributed by atoms with Crippen molar-refractivity contribution in [1.29, 1.82) is 0 Å². The Morgan fingerprint density at radius 3 is 2.23 bits per heavy atom. The van der Waals surface area contributed by atoms with Crippen LogP contribution in [0.2, 0.25) is 0 Å². The predicted molar refractivity (Wildman–Crippen MR) is 116 cm³/mol. The third kappa shape index (κ3) is 6.17. The number of aromatic carboxylic acids is 1. The first-order valence-electron chi connectivity index (χ1n) is 9.69. The largest absolute Gasteiger partial charge is 0.507 e. The van der Waals surface area contributed by atoms with E-state index >= 15 is 0 Å². The summed E-state index contributed by atoms with van der Waals surface area (Å²) in [6.45, 7) is 0.357. The highest BCUT2D eigenvalue weighted by Gasteiger charge is 2.12. The van der Waals surface area contributed by atoms with Gasteiger partial charge in [0.05, 0.1) is 0 Å². The van der Waals surface area contributed by atoms with Crippen molar-refractivity contribution in [2.24, 2.45) is 0 Å². The number of aryl methyl sites for hydroxylation is 1. The van der Waals surface area contributed by atoms with E-state index in [-0.39, 0.29) is 22.9 Å². The van der Waals surface area contributed by atoms with Crippen molar-refractivity contribution < 1.29 is 24.6 Å². The molecule has 158 valence electrons. The SMILES string of the molecule is O=C(CCc1ccccc1)NCc1ccc(C(=O)Nc2ccc(O)c(C(=O)O)c2)cc1. The Labute approximate surface area is 179 Å². The predicted octanol–water partition coefficient (Wildman–Crippen LogP) is 3.59. The van der Waals surface area contributed by atoms with Gasteiger partial charge in [-0.25, -0.2) is 4.79 Å². The quantitative estimate of drug-likeness (QED) is 0.417. The Hall–Kier alpha value is -4.13. The highest BCUT2D eigenvalue weighted by molar-refractivity contribution is 6.05. The Morgan fingerprint density at radius 2 is 1.55 bits per heavy atom. The van der Waals surface area contributed by atoms with E-state index in [1.807, 2.05) is 30.3 Å². The van der Waals surface area contributed by atoms with Gasteiger partial charge in [0.2, 0.25) is 5.91 Å². The monoisotopic (exact) mass is 418 g/mol. The van der Waals surface area contributed by atoms with E-state index in [2.05, 4.69) is 10.6 Å². The number of rotatable bonds is 8. The molecule has 0 radical (unpaired) electrons. The van der Waals surface area contributed by atoms with Gasteiger partial charge in [-0.3, -0.25) is 9.59 Å². The number of benzene rings is 3. The second kappa shape index (κ2) is 10.1. The van der Waals surface area contributed by atoms with Gasteiger partial charge in [0.25, 0.3) is 5.91 Å². The molecule has 3 aromatic rings. The van der Waals surface area contributed by atoms with Gasteiger partial charge in [-0.15, -0.1) is 0 Å². The fourth-order valence-electron chi connectivity index (χ4n) is 2.95. The van der Waals surface area contributed by atoms with Crippen molar-refractivity contribution >= 4 is 23.5 Å². The minimum absolute atomic E-state index is 0.0489. The van der Waals surface area contributed by atoms with Crippen molar-refractivity contribution in [3.8, 4) is 5.75 Å². The fourth-order valence-corrected chi connectivity index (χ4v) is 2.95. The lowest BCUT2D eigenvalue weighted by molar-refractivity contribution is -0.121. The number of aromatic hydroxyl groups is 1. The molecule has 3 rings (SSSR count). The molecule has 0 aliphatic carbocycles. The molecule has 7 nitrogen and oxygen atoms in total. The highest BCUT2D eigenvalue weighted by Crippen LogP contribution is 2.22. The lowest BCUT2D eigenvalue weighted by Gasteiger charge is -2.09. The maximum atomic E-state index is 12.4. The summed E-state index contributed by atoms with van der Waals surface area (Å²) in [7, 11) is 0. The van der Waals surface area contributed by atoms with Gasteiger partial charge in [-0.2, -0.15) is 0 Å². The fraction of sp³-hybridized carbons (Fsp3) is 0.125. The summed E-state index contributed by atoms with van der Waals surface area (Å²) in [4.78, 5) is 35.5. The minimum Gasteiger partial charge on any atom is -0.507 e. The number of anilines is 1. The number of hydrogen-bond acceptors (Lipinski definition) is 4. The van der Waals surface area contributed by atoms with Gasteiger partial charge in [-0.1, -0.05) is 42.5 Å².